The van der Waals surface area contributed by atoms with Crippen molar-refractivity contribution in [1.29, 1.82) is 0 Å². The number of halogens is 1. The summed E-state index contributed by atoms with van der Waals surface area (Å²) >= 11 is 0. The summed E-state index contributed by atoms with van der Waals surface area (Å²) in [7, 11) is 3.55. The summed E-state index contributed by atoms with van der Waals surface area (Å²) < 4.78 is 13.6. The number of rotatable bonds is 10. The Morgan fingerprint density at radius 1 is 1.32 bits per heavy atom. The van der Waals surface area contributed by atoms with E-state index in [0.717, 1.165) is 6.42 Å². The van der Waals surface area contributed by atoms with Gasteiger partial charge in [0.25, 0.3) is 5.91 Å². The van der Waals surface area contributed by atoms with E-state index in [4.69, 9.17) is 0 Å². The van der Waals surface area contributed by atoms with Crippen molar-refractivity contribution in [2.75, 3.05) is 33.7 Å². The first kappa shape index (κ1) is 17.8. The van der Waals surface area contributed by atoms with Crippen LogP contribution < -0.4 is 10.4 Å². The Kier molecular flexibility index (Phi) is 8.30. The maximum Gasteiger partial charge on any atom is 0.254 e. The minimum absolute atomic E-state index is 0.0732. The van der Waals surface area contributed by atoms with Crippen LogP contribution in [-0.2, 0) is 9.59 Å². The molecule has 0 saturated heterocycles. The quantitative estimate of drug-likeness (QED) is 0.445. The zero-order valence-electron chi connectivity index (χ0n) is 12.1. The SMILES string of the molecule is CCCCC(F)C(=O)NCCC[N+](C)(C)CC(=O)[O-]. The number of hydrogen-bond donors (Lipinski definition) is 1. The van der Waals surface area contributed by atoms with Gasteiger partial charge in [-0.1, -0.05) is 19.8 Å². The monoisotopic (exact) mass is 276 g/mol. The van der Waals surface area contributed by atoms with E-state index in [0.29, 0.717) is 25.9 Å². The van der Waals surface area contributed by atoms with Crippen LogP contribution in [0.2, 0.25) is 0 Å². The molecule has 0 aliphatic heterocycles. The molecule has 0 heterocycles. The van der Waals surface area contributed by atoms with Gasteiger partial charge in [-0.3, -0.25) is 4.79 Å². The van der Waals surface area contributed by atoms with Crippen molar-refractivity contribution < 1.29 is 23.6 Å². The summed E-state index contributed by atoms with van der Waals surface area (Å²) in [6.45, 7) is 2.82. The van der Waals surface area contributed by atoms with Crippen molar-refractivity contribution in [3.8, 4) is 0 Å². The van der Waals surface area contributed by atoms with Gasteiger partial charge < -0.3 is 19.7 Å². The van der Waals surface area contributed by atoms with E-state index in [-0.39, 0.29) is 17.4 Å². The van der Waals surface area contributed by atoms with Gasteiger partial charge in [0.1, 0.15) is 6.54 Å². The fraction of sp³-hybridized carbons (Fsp3) is 0.846. The van der Waals surface area contributed by atoms with Crippen LogP contribution in [0.25, 0.3) is 0 Å². The van der Waals surface area contributed by atoms with Gasteiger partial charge in [-0.25, -0.2) is 4.39 Å². The highest BCUT2D eigenvalue weighted by Crippen LogP contribution is 2.04. The molecule has 0 bridgehead atoms. The van der Waals surface area contributed by atoms with Gasteiger partial charge in [0.2, 0.25) is 0 Å². The molecule has 0 aromatic carbocycles. The molecular formula is C13H25FN2O3. The first-order valence-electron chi connectivity index (χ1n) is 6.72. The van der Waals surface area contributed by atoms with Gasteiger partial charge in [0.05, 0.1) is 26.6 Å². The van der Waals surface area contributed by atoms with Crippen molar-refractivity contribution >= 4 is 11.9 Å². The second-order valence-electron chi connectivity index (χ2n) is 5.44. The van der Waals surface area contributed by atoms with E-state index >= 15 is 0 Å². The fourth-order valence-corrected chi connectivity index (χ4v) is 1.77. The molecule has 19 heavy (non-hydrogen) atoms. The lowest BCUT2D eigenvalue weighted by Crippen LogP contribution is -2.49. The van der Waals surface area contributed by atoms with Gasteiger partial charge in [0.15, 0.2) is 6.17 Å². The van der Waals surface area contributed by atoms with Crippen molar-refractivity contribution in [3.63, 3.8) is 0 Å². The number of carbonyl (C=O) groups excluding carboxylic acids is 2. The van der Waals surface area contributed by atoms with Crippen LogP contribution in [0.4, 0.5) is 4.39 Å². The van der Waals surface area contributed by atoms with Crippen molar-refractivity contribution in [1.82, 2.24) is 5.32 Å². The highest BCUT2D eigenvalue weighted by molar-refractivity contribution is 5.80. The Morgan fingerprint density at radius 2 is 1.95 bits per heavy atom. The van der Waals surface area contributed by atoms with Gasteiger partial charge in [0, 0.05) is 13.0 Å². The summed E-state index contributed by atoms with van der Waals surface area (Å²) in [4.78, 5) is 21.9. The zero-order valence-corrected chi connectivity index (χ0v) is 12.1. The van der Waals surface area contributed by atoms with Gasteiger partial charge in [-0.05, 0) is 6.42 Å². The maximum absolute atomic E-state index is 13.3. The lowest BCUT2D eigenvalue weighted by Gasteiger charge is -2.30. The number of alkyl halides is 1. The average molecular weight is 276 g/mol. The highest BCUT2D eigenvalue weighted by atomic mass is 19.1. The van der Waals surface area contributed by atoms with Crippen LogP contribution in [0.1, 0.15) is 32.6 Å². The van der Waals surface area contributed by atoms with Gasteiger partial charge in [-0.15, -0.1) is 0 Å². The van der Waals surface area contributed by atoms with Crippen molar-refractivity contribution in [3.05, 3.63) is 0 Å². The predicted molar refractivity (Wildman–Crippen MR) is 68.9 cm³/mol. The molecule has 0 aromatic heterocycles. The lowest BCUT2D eigenvalue weighted by molar-refractivity contribution is -0.884. The number of amides is 1. The lowest BCUT2D eigenvalue weighted by atomic mass is 10.2. The maximum atomic E-state index is 13.3. The number of unbranched alkanes of at least 4 members (excludes halogenated alkanes) is 1. The van der Waals surface area contributed by atoms with Crippen LogP contribution in [0, 0.1) is 0 Å². The number of likely N-dealkylation sites (N-methyl/N-ethyl adjacent to an activating group) is 1. The topological polar surface area (TPSA) is 69.2 Å². The van der Waals surface area contributed by atoms with E-state index < -0.39 is 18.0 Å². The second kappa shape index (κ2) is 8.85. The molecule has 1 amide bonds. The summed E-state index contributed by atoms with van der Waals surface area (Å²) in [6.07, 6.45) is 0.985. The van der Waals surface area contributed by atoms with Crippen LogP contribution >= 0.6 is 0 Å². The summed E-state index contributed by atoms with van der Waals surface area (Å²) in [5.41, 5.74) is 0. The molecular weight excluding hydrogens is 251 g/mol. The fourth-order valence-electron chi connectivity index (χ4n) is 1.77. The number of nitrogens with one attached hydrogen (secondary N) is 1. The Balaban J connectivity index is 3.79. The van der Waals surface area contributed by atoms with Gasteiger partial charge in [-0.2, -0.15) is 0 Å². The Bertz CT molecular complexity index is 296. The molecule has 1 unspecified atom stereocenters. The Morgan fingerprint density at radius 3 is 2.47 bits per heavy atom. The molecule has 5 nitrogen and oxygen atoms in total. The normalized spacial score (nSPS) is 13.1. The smallest absolute Gasteiger partial charge is 0.254 e. The summed E-state index contributed by atoms with van der Waals surface area (Å²) in [5.74, 6) is -1.67. The zero-order chi connectivity index (χ0) is 14.9. The third kappa shape index (κ3) is 9.41. The first-order valence-corrected chi connectivity index (χ1v) is 6.72. The molecule has 0 aromatic rings. The highest BCUT2D eigenvalue weighted by Gasteiger charge is 2.17. The third-order valence-corrected chi connectivity index (χ3v) is 2.89. The molecule has 0 rings (SSSR count). The van der Waals surface area contributed by atoms with E-state index in [1.807, 2.05) is 6.92 Å². The van der Waals surface area contributed by atoms with Crippen molar-refractivity contribution in [2.45, 2.75) is 38.8 Å². The molecule has 1 atom stereocenters. The summed E-state index contributed by atoms with van der Waals surface area (Å²) in [5, 5.41) is 13.0. The molecule has 6 heteroatoms. The van der Waals surface area contributed by atoms with Crippen LogP contribution in [0.15, 0.2) is 0 Å². The molecule has 0 radical (unpaired) electrons. The third-order valence-electron chi connectivity index (χ3n) is 2.89. The largest absolute Gasteiger partial charge is 0.544 e. The first-order chi connectivity index (χ1) is 8.78. The number of hydrogen-bond acceptors (Lipinski definition) is 3. The Labute approximate surface area is 114 Å². The number of carboxylic acids is 1. The number of quaternary nitrogens is 1. The molecule has 0 aliphatic rings. The number of carbonyl (C=O) groups is 2. The molecule has 0 spiro atoms. The van der Waals surface area contributed by atoms with E-state index in [9.17, 15) is 19.1 Å². The number of aliphatic carboxylic acids is 1. The molecule has 0 aliphatic carbocycles. The molecule has 112 valence electrons. The molecule has 1 N–H and O–H groups in total. The van der Waals surface area contributed by atoms with E-state index in [1.54, 1.807) is 14.1 Å². The van der Waals surface area contributed by atoms with Crippen LogP contribution in [0.3, 0.4) is 0 Å². The number of nitrogens with zero attached hydrogens (tertiary/aromatic N) is 1. The summed E-state index contributed by atoms with van der Waals surface area (Å²) in [6, 6.07) is 0. The minimum Gasteiger partial charge on any atom is -0.544 e. The average Bonchev–Trinajstić information content (AvgIpc) is 2.29. The Hall–Kier alpha value is -1.17. The standard InChI is InChI=1S/C13H25FN2O3/c1-4-5-7-11(14)13(19)15-8-6-9-16(2,3)10-12(17)18/h11H,4-10H2,1-3H3,(H-,15,17,18,19). The number of carboxylic acid groups (broad SMARTS) is 1. The second-order valence-corrected chi connectivity index (χ2v) is 5.44. The van der Waals surface area contributed by atoms with Crippen LogP contribution in [0.5, 0.6) is 0 Å². The van der Waals surface area contributed by atoms with Gasteiger partial charge >= 0.3 is 0 Å². The van der Waals surface area contributed by atoms with E-state index in [1.165, 1.54) is 0 Å². The molecule has 0 fully saturated rings. The van der Waals surface area contributed by atoms with Crippen LogP contribution in [-0.4, -0.2) is 56.3 Å². The molecule has 0 saturated carbocycles. The minimum atomic E-state index is -1.44. The van der Waals surface area contributed by atoms with Crippen molar-refractivity contribution in [2.24, 2.45) is 0 Å². The predicted octanol–water partition coefficient (Wildman–Crippen LogP) is -0.153. The van der Waals surface area contributed by atoms with E-state index in [2.05, 4.69) is 5.32 Å².